The van der Waals surface area contributed by atoms with Gasteiger partial charge < -0.3 is 5.32 Å². The molecular formula is C21H15F3N6O2. The van der Waals surface area contributed by atoms with Crippen molar-refractivity contribution in [2.24, 2.45) is 0 Å². The molecule has 1 saturated heterocycles. The van der Waals surface area contributed by atoms with Crippen molar-refractivity contribution in [3.63, 3.8) is 0 Å². The number of nitriles is 1. The second kappa shape index (κ2) is 7.05. The largest absolute Gasteiger partial charge is 0.417 e. The van der Waals surface area contributed by atoms with Gasteiger partial charge in [-0.1, -0.05) is 6.07 Å². The zero-order chi connectivity index (χ0) is 22.6. The van der Waals surface area contributed by atoms with Crippen molar-refractivity contribution in [3.05, 3.63) is 64.6 Å². The summed E-state index contributed by atoms with van der Waals surface area (Å²) in [5.41, 5.74) is 1.15. The molecule has 5 rings (SSSR count). The van der Waals surface area contributed by atoms with Crippen molar-refractivity contribution in [2.75, 3.05) is 6.54 Å². The summed E-state index contributed by atoms with van der Waals surface area (Å²) in [4.78, 5) is 28.0. The van der Waals surface area contributed by atoms with Crippen LogP contribution in [0.3, 0.4) is 0 Å². The van der Waals surface area contributed by atoms with Crippen molar-refractivity contribution in [1.82, 2.24) is 25.2 Å². The minimum Gasteiger partial charge on any atom is -0.337 e. The number of imidazole rings is 1. The molecule has 3 heterocycles. The molecule has 32 heavy (non-hydrogen) atoms. The van der Waals surface area contributed by atoms with Crippen molar-refractivity contribution in [2.45, 2.75) is 30.4 Å². The van der Waals surface area contributed by atoms with Crippen LogP contribution >= 0.6 is 0 Å². The van der Waals surface area contributed by atoms with Crippen LogP contribution in [0.5, 0.6) is 0 Å². The van der Waals surface area contributed by atoms with Gasteiger partial charge in [0.2, 0.25) is 5.91 Å². The molecule has 0 radical (unpaired) electrons. The SMILES string of the molecule is N#Cc1cc([C@H]2C[C@@H]2c2cc(C3CNC(=O)NC3=O)nn3ccnc23)ccc1C(F)(F)F. The molecule has 2 N–H and O–H groups in total. The zero-order valence-electron chi connectivity index (χ0n) is 16.3. The molecule has 3 atom stereocenters. The molecule has 0 spiro atoms. The van der Waals surface area contributed by atoms with Gasteiger partial charge in [0.25, 0.3) is 0 Å². The van der Waals surface area contributed by atoms with Gasteiger partial charge in [0.05, 0.1) is 28.8 Å². The molecule has 3 aromatic rings. The van der Waals surface area contributed by atoms with E-state index in [1.165, 1.54) is 12.1 Å². The first-order valence-electron chi connectivity index (χ1n) is 9.80. The predicted molar refractivity (Wildman–Crippen MR) is 104 cm³/mol. The molecule has 1 unspecified atom stereocenters. The summed E-state index contributed by atoms with van der Waals surface area (Å²) in [6.45, 7) is 0.107. The maximum absolute atomic E-state index is 13.1. The smallest absolute Gasteiger partial charge is 0.337 e. The molecule has 0 bridgehead atoms. The Hall–Kier alpha value is -3.94. The number of halogens is 3. The summed E-state index contributed by atoms with van der Waals surface area (Å²) in [5, 5.41) is 18.4. The van der Waals surface area contributed by atoms with Gasteiger partial charge in [-0.15, -0.1) is 0 Å². The topological polar surface area (TPSA) is 112 Å². The average Bonchev–Trinajstić information content (AvgIpc) is 3.40. The van der Waals surface area contributed by atoms with Gasteiger partial charge in [0.1, 0.15) is 0 Å². The fourth-order valence-corrected chi connectivity index (χ4v) is 4.21. The molecule has 2 fully saturated rings. The number of fused-ring (bicyclic) bond motifs is 1. The standard InChI is InChI=1S/C21H15F3N6O2/c22-21(23,24)16-2-1-10(5-11(16)8-25)12-6-13(12)14-7-17(29-30-4-3-26-18(14)30)15-9-27-20(32)28-19(15)31/h1-5,7,12-13,15H,6,9H2,(H2,27,28,31,32)/t12-,13+,15?/m1/s1. The van der Waals surface area contributed by atoms with E-state index in [1.807, 2.05) is 0 Å². The lowest BCUT2D eigenvalue weighted by molar-refractivity contribution is -0.137. The normalized spacial score (nSPS) is 22.9. The van der Waals surface area contributed by atoms with E-state index in [9.17, 15) is 28.0 Å². The van der Waals surface area contributed by atoms with Crippen LogP contribution in [0, 0.1) is 11.3 Å². The Balaban J connectivity index is 1.49. The van der Waals surface area contributed by atoms with Crippen LogP contribution < -0.4 is 10.6 Å². The first-order chi connectivity index (χ1) is 15.3. The lowest BCUT2D eigenvalue weighted by Gasteiger charge is -2.22. The van der Waals surface area contributed by atoms with E-state index in [4.69, 9.17) is 0 Å². The van der Waals surface area contributed by atoms with E-state index in [-0.39, 0.29) is 18.4 Å². The van der Waals surface area contributed by atoms with Crippen molar-refractivity contribution in [3.8, 4) is 6.07 Å². The fraction of sp³-hybridized carbons (Fsp3) is 0.286. The molecule has 1 aromatic carbocycles. The molecule has 162 valence electrons. The minimum atomic E-state index is -4.59. The van der Waals surface area contributed by atoms with Crippen molar-refractivity contribution >= 4 is 17.6 Å². The van der Waals surface area contributed by atoms with E-state index >= 15 is 0 Å². The number of amides is 3. The third kappa shape index (κ3) is 3.33. The van der Waals surface area contributed by atoms with Crippen LogP contribution in [0.15, 0.2) is 36.7 Å². The molecule has 3 amide bonds. The number of nitrogens with zero attached hydrogens (tertiary/aromatic N) is 4. The summed E-state index contributed by atoms with van der Waals surface area (Å²) < 4.78 is 40.9. The van der Waals surface area contributed by atoms with Crippen LogP contribution in [0.4, 0.5) is 18.0 Å². The molecule has 11 heteroatoms. The monoisotopic (exact) mass is 440 g/mol. The zero-order valence-corrected chi connectivity index (χ0v) is 16.3. The van der Waals surface area contributed by atoms with Gasteiger partial charge in [0.15, 0.2) is 5.65 Å². The van der Waals surface area contributed by atoms with Gasteiger partial charge >= 0.3 is 12.2 Å². The Morgan fingerprint density at radius 1 is 1.19 bits per heavy atom. The summed E-state index contributed by atoms with van der Waals surface area (Å²) in [5.74, 6) is -1.27. The molecule has 8 nitrogen and oxygen atoms in total. The maximum atomic E-state index is 13.1. The number of alkyl halides is 3. The first-order valence-corrected chi connectivity index (χ1v) is 9.80. The lowest BCUT2D eigenvalue weighted by Crippen LogP contribution is -2.51. The molecule has 2 aromatic heterocycles. The minimum absolute atomic E-state index is 0.0498. The van der Waals surface area contributed by atoms with E-state index in [1.54, 1.807) is 29.0 Å². The molecular weight excluding hydrogens is 425 g/mol. The van der Waals surface area contributed by atoms with E-state index in [0.717, 1.165) is 11.6 Å². The Labute approximate surface area is 179 Å². The lowest BCUT2D eigenvalue weighted by atomic mass is 9.97. The number of carbonyl (C=O) groups excluding carboxylic acids is 2. The predicted octanol–water partition coefficient (Wildman–Crippen LogP) is 2.81. The number of benzene rings is 1. The fourth-order valence-electron chi connectivity index (χ4n) is 4.21. The summed E-state index contributed by atoms with van der Waals surface area (Å²) in [6, 6.07) is 6.49. The van der Waals surface area contributed by atoms with Crippen LogP contribution in [-0.4, -0.2) is 33.1 Å². The molecule has 1 saturated carbocycles. The van der Waals surface area contributed by atoms with Crippen LogP contribution in [0.2, 0.25) is 0 Å². The number of urea groups is 1. The van der Waals surface area contributed by atoms with Crippen LogP contribution in [0.25, 0.3) is 5.65 Å². The second-order valence-corrected chi connectivity index (χ2v) is 7.84. The van der Waals surface area contributed by atoms with E-state index in [2.05, 4.69) is 20.7 Å². The summed E-state index contributed by atoms with van der Waals surface area (Å²) >= 11 is 0. The number of carbonyl (C=O) groups is 2. The number of hydrogen-bond donors (Lipinski definition) is 2. The highest BCUT2D eigenvalue weighted by molar-refractivity contribution is 6.00. The number of hydrogen-bond acceptors (Lipinski definition) is 5. The van der Waals surface area contributed by atoms with Gasteiger partial charge in [-0.25, -0.2) is 14.3 Å². The van der Waals surface area contributed by atoms with Gasteiger partial charge in [-0.05, 0) is 42.0 Å². The van der Waals surface area contributed by atoms with Gasteiger partial charge in [-0.3, -0.25) is 10.1 Å². The van der Waals surface area contributed by atoms with Crippen LogP contribution in [-0.2, 0) is 11.0 Å². The number of nitrogens with one attached hydrogen (secondary N) is 2. The Bertz CT molecular complexity index is 1310. The third-order valence-electron chi connectivity index (χ3n) is 5.87. The molecule has 2 aliphatic rings. The van der Waals surface area contributed by atoms with Gasteiger partial charge in [0, 0.05) is 24.5 Å². The highest BCUT2D eigenvalue weighted by Crippen LogP contribution is 2.56. The third-order valence-corrected chi connectivity index (χ3v) is 5.87. The quantitative estimate of drug-likeness (QED) is 0.651. The Kier molecular flexibility index (Phi) is 4.40. The Morgan fingerprint density at radius 3 is 2.72 bits per heavy atom. The summed E-state index contributed by atoms with van der Waals surface area (Å²) in [6.07, 6.45) is -0.715. The highest BCUT2D eigenvalue weighted by Gasteiger charge is 2.43. The van der Waals surface area contributed by atoms with Crippen molar-refractivity contribution in [1.29, 1.82) is 5.26 Å². The molecule has 1 aliphatic heterocycles. The first kappa shape index (κ1) is 20.0. The maximum Gasteiger partial charge on any atom is 0.417 e. The number of imide groups is 1. The summed E-state index contributed by atoms with van der Waals surface area (Å²) in [7, 11) is 0. The number of rotatable bonds is 3. The number of aromatic nitrogens is 3. The van der Waals surface area contributed by atoms with E-state index in [0.29, 0.717) is 23.3 Å². The van der Waals surface area contributed by atoms with Gasteiger partial charge in [-0.2, -0.15) is 23.5 Å². The Morgan fingerprint density at radius 2 is 2.00 bits per heavy atom. The van der Waals surface area contributed by atoms with Crippen molar-refractivity contribution < 1.29 is 22.8 Å². The van der Waals surface area contributed by atoms with Crippen LogP contribution in [0.1, 0.15) is 52.1 Å². The van der Waals surface area contributed by atoms with E-state index < -0.39 is 35.2 Å². The molecule has 1 aliphatic carbocycles. The second-order valence-electron chi connectivity index (χ2n) is 7.84. The highest BCUT2D eigenvalue weighted by atomic mass is 19.4. The average molecular weight is 440 g/mol.